The summed E-state index contributed by atoms with van der Waals surface area (Å²) in [6, 6.07) is 8.12. The summed E-state index contributed by atoms with van der Waals surface area (Å²) in [5.74, 6) is 1.43. The maximum absolute atomic E-state index is 6.04. The van der Waals surface area contributed by atoms with Crippen molar-refractivity contribution < 1.29 is 9.47 Å². The molecule has 6 heteroatoms. The first-order valence-corrected chi connectivity index (χ1v) is 6.40. The molecule has 2 rings (SSSR count). The van der Waals surface area contributed by atoms with Crippen molar-refractivity contribution in [1.82, 2.24) is 0 Å². The first-order valence-electron chi connectivity index (χ1n) is 5.27. The molecule has 0 aliphatic heterocycles. The van der Waals surface area contributed by atoms with E-state index in [4.69, 9.17) is 50.0 Å². The van der Waals surface area contributed by atoms with Crippen LogP contribution < -0.4 is 15.2 Å². The zero-order valence-corrected chi connectivity index (χ0v) is 12.2. The number of hydrogen-bond donors (Lipinski definition) is 1. The van der Waals surface area contributed by atoms with E-state index in [1.54, 1.807) is 25.3 Å². The molecule has 0 saturated heterocycles. The van der Waals surface area contributed by atoms with Gasteiger partial charge in [0.05, 0.1) is 27.9 Å². The number of nitrogen functional groups attached to an aromatic ring is 1. The first-order chi connectivity index (χ1) is 9.01. The molecule has 0 heterocycles. The Bertz CT molecular complexity index is 617. The normalized spacial score (nSPS) is 10.3. The third-order valence-electron chi connectivity index (χ3n) is 2.42. The zero-order valence-electron chi connectivity index (χ0n) is 9.91. The molecule has 0 amide bonds. The number of ether oxygens (including phenoxy) is 2. The summed E-state index contributed by atoms with van der Waals surface area (Å²) >= 11 is 17.8. The summed E-state index contributed by atoms with van der Waals surface area (Å²) in [5.41, 5.74) is 6.29. The molecule has 2 aromatic carbocycles. The van der Waals surface area contributed by atoms with Gasteiger partial charge in [-0.3, -0.25) is 0 Å². The number of methoxy groups -OCH3 is 1. The highest BCUT2D eigenvalue weighted by molar-refractivity contribution is 6.43. The maximum Gasteiger partial charge on any atom is 0.154 e. The van der Waals surface area contributed by atoms with E-state index < -0.39 is 0 Å². The van der Waals surface area contributed by atoms with E-state index in [1.807, 2.05) is 0 Å². The van der Waals surface area contributed by atoms with Gasteiger partial charge in [-0.05, 0) is 18.2 Å². The minimum Gasteiger partial charge on any atom is -0.497 e. The molecule has 0 bridgehead atoms. The topological polar surface area (TPSA) is 44.5 Å². The molecule has 0 atom stereocenters. The Kier molecular flexibility index (Phi) is 4.30. The van der Waals surface area contributed by atoms with Crippen molar-refractivity contribution in [2.24, 2.45) is 0 Å². The molecule has 0 aliphatic carbocycles. The van der Waals surface area contributed by atoms with Gasteiger partial charge in [-0.25, -0.2) is 0 Å². The number of nitrogens with two attached hydrogens (primary N) is 1. The van der Waals surface area contributed by atoms with Crippen LogP contribution in [0.2, 0.25) is 15.1 Å². The lowest BCUT2D eigenvalue weighted by atomic mass is 10.2. The van der Waals surface area contributed by atoms with Gasteiger partial charge in [-0.15, -0.1) is 0 Å². The quantitative estimate of drug-likeness (QED) is 0.637. The van der Waals surface area contributed by atoms with Crippen LogP contribution >= 0.6 is 34.8 Å². The number of anilines is 1. The largest absolute Gasteiger partial charge is 0.497 e. The molecule has 19 heavy (non-hydrogen) atoms. The molecule has 0 radical (unpaired) electrons. The molecule has 0 aliphatic rings. The number of hydrogen-bond acceptors (Lipinski definition) is 3. The molecule has 3 nitrogen and oxygen atoms in total. The van der Waals surface area contributed by atoms with Gasteiger partial charge in [0.2, 0.25) is 0 Å². The first kappa shape index (κ1) is 14.1. The highest BCUT2D eigenvalue weighted by atomic mass is 35.5. The summed E-state index contributed by atoms with van der Waals surface area (Å²) in [6.07, 6.45) is 0. The third-order valence-corrected chi connectivity index (χ3v) is 3.43. The van der Waals surface area contributed by atoms with Gasteiger partial charge in [0, 0.05) is 12.1 Å². The number of rotatable bonds is 3. The van der Waals surface area contributed by atoms with Gasteiger partial charge in [0.1, 0.15) is 11.5 Å². The number of benzene rings is 2. The summed E-state index contributed by atoms with van der Waals surface area (Å²) in [5, 5.41) is 1.05. The van der Waals surface area contributed by atoms with Crippen molar-refractivity contribution in [2.45, 2.75) is 0 Å². The summed E-state index contributed by atoms with van der Waals surface area (Å²) < 4.78 is 10.7. The highest BCUT2D eigenvalue weighted by Crippen LogP contribution is 2.38. The van der Waals surface area contributed by atoms with E-state index >= 15 is 0 Å². The molecule has 0 unspecified atom stereocenters. The Balaban J connectivity index is 2.38. The van der Waals surface area contributed by atoms with Crippen molar-refractivity contribution in [3.05, 3.63) is 45.4 Å². The fourth-order valence-corrected chi connectivity index (χ4v) is 2.01. The van der Waals surface area contributed by atoms with E-state index in [2.05, 4.69) is 0 Å². The molecule has 2 aromatic rings. The predicted octanol–water partition coefficient (Wildman–Crippen LogP) is 5.03. The third kappa shape index (κ3) is 3.18. The predicted molar refractivity (Wildman–Crippen MR) is 79.0 cm³/mol. The average molecular weight is 319 g/mol. The average Bonchev–Trinajstić information content (AvgIpc) is 2.38. The van der Waals surface area contributed by atoms with Gasteiger partial charge in [0.15, 0.2) is 5.75 Å². The molecule has 2 N–H and O–H groups in total. The minimum absolute atomic E-state index is 0.344. The molecule has 0 fully saturated rings. The van der Waals surface area contributed by atoms with E-state index in [0.29, 0.717) is 38.0 Å². The van der Waals surface area contributed by atoms with Crippen LogP contribution in [-0.2, 0) is 0 Å². The Labute approximate surface area is 125 Å². The van der Waals surface area contributed by atoms with E-state index in [9.17, 15) is 0 Å². The van der Waals surface area contributed by atoms with E-state index in [1.165, 1.54) is 12.1 Å². The van der Waals surface area contributed by atoms with Gasteiger partial charge in [-0.1, -0.05) is 34.8 Å². The van der Waals surface area contributed by atoms with Gasteiger partial charge in [0.25, 0.3) is 0 Å². The lowest BCUT2D eigenvalue weighted by Gasteiger charge is -2.12. The van der Waals surface area contributed by atoms with E-state index in [0.717, 1.165) is 0 Å². The van der Waals surface area contributed by atoms with Crippen molar-refractivity contribution in [2.75, 3.05) is 12.8 Å². The van der Waals surface area contributed by atoms with E-state index in [-0.39, 0.29) is 0 Å². The smallest absolute Gasteiger partial charge is 0.154 e. The zero-order chi connectivity index (χ0) is 14.0. The monoisotopic (exact) mass is 317 g/mol. The minimum atomic E-state index is 0.344. The summed E-state index contributed by atoms with van der Waals surface area (Å²) in [7, 11) is 1.56. The summed E-state index contributed by atoms with van der Waals surface area (Å²) in [6.45, 7) is 0. The Morgan fingerprint density at radius 2 is 1.58 bits per heavy atom. The molecule has 0 spiro atoms. The van der Waals surface area contributed by atoms with Crippen LogP contribution in [-0.4, -0.2) is 7.11 Å². The Morgan fingerprint density at radius 3 is 2.26 bits per heavy atom. The van der Waals surface area contributed by atoms with Crippen LogP contribution in [0.4, 0.5) is 5.69 Å². The van der Waals surface area contributed by atoms with Crippen LogP contribution in [0.15, 0.2) is 30.3 Å². The van der Waals surface area contributed by atoms with Crippen molar-refractivity contribution in [3.8, 4) is 17.2 Å². The fraction of sp³-hybridized carbons (Fsp3) is 0.0769. The van der Waals surface area contributed by atoms with Gasteiger partial charge >= 0.3 is 0 Å². The SMILES string of the molecule is COc1ccc(N)c(Oc2cc(Cl)c(Cl)cc2Cl)c1. The fourth-order valence-electron chi connectivity index (χ4n) is 1.43. The van der Waals surface area contributed by atoms with Crippen LogP contribution in [0.1, 0.15) is 0 Å². The lowest BCUT2D eigenvalue weighted by Crippen LogP contribution is -1.94. The lowest BCUT2D eigenvalue weighted by molar-refractivity contribution is 0.409. The molecular weight excluding hydrogens is 309 g/mol. The second kappa shape index (κ2) is 5.78. The van der Waals surface area contributed by atoms with Crippen molar-refractivity contribution in [3.63, 3.8) is 0 Å². The van der Waals surface area contributed by atoms with Crippen molar-refractivity contribution in [1.29, 1.82) is 0 Å². The maximum atomic E-state index is 6.04. The van der Waals surface area contributed by atoms with Gasteiger partial charge in [-0.2, -0.15) is 0 Å². The second-order valence-corrected chi connectivity index (χ2v) is 4.92. The highest BCUT2D eigenvalue weighted by Gasteiger charge is 2.10. The molecule has 0 saturated carbocycles. The van der Waals surface area contributed by atoms with Crippen LogP contribution in [0.25, 0.3) is 0 Å². The molecule has 100 valence electrons. The number of halogens is 3. The Hall–Kier alpha value is -1.29. The van der Waals surface area contributed by atoms with Crippen LogP contribution in [0, 0.1) is 0 Å². The van der Waals surface area contributed by atoms with Crippen LogP contribution in [0.3, 0.4) is 0 Å². The van der Waals surface area contributed by atoms with Crippen LogP contribution in [0.5, 0.6) is 17.2 Å². The van der Waals surface area contributed by atoms with Gasteiger partial charge < -0.3 is 15.2 Å². The molecule has 0 aromatic heterocycles. The second-order valence-electron chi connectivity index (χ2n) is 3.70. The Morgan fingerprint density at radius 1 is 0.895 bits per heavy atom. The summed E-state index contributed by atoms with van der Waals surface area (Å²) in [4.78, 5) is 0. The standard InChI is InChI=1S/C13H10Cl3NO2/c1-18-7-2-3-11(17)13(4-7)19-12-6-9(15)8(14)5-10(12)16/h2-6H,17H2,1H3. The van der Waals surface area contributed by atoms with Crippen molar-refractivity contribution >= 4 is 40.5 Å². The molecular formula is C13H10Cl3NO2.